The van der Waals surface area contributed by atoms with Crippen LogP contribution in [0.2, 0.25) is 0 Å². The van der Waals surface area contributed by atoms with Crippen LogP contribution >= 0.6 is 0 Å². The zero-order chi connectivity index (χ0) is 16.4. The summed E-state index contributed by atoms with van der Waals surface area (Å²) in [5.41, 5.74) is 2.63. The molecule has 116 valence electrons. The average Bonchev–Trinajstić information content (AvgIpc) is 2.87. The number of nitrogens with one attached hydrogen (secondary N) is 1. The summed E-state index contributed by atoms with van der Waals surface area (Å²) < 4.78 is 15.9. The molecule has 1 amide bonds. The highest BCUT2D eigenvalue weighted by Crippen LogP contribution is 2.20. The molecule has 2 heterocycles. The molecule has 0 saturated carbocycles. The Kier molecular flexibility index (Phi) is 3.89. The van der Waals surface area contributed by atoms with Crippen molar-refractivity contribution in [2.45, 2.75) is 13.8 Å². The number of carbonyl (C=O) groups is 1. The molecule has 3 rings (SSSR count). The Morgan fingerprint density at radius 2 is 2.00 bits per heavy atom. The van der Waals surface area contributed by atoms with E-state index >= 15 is 0 Å². The van der Waals surface area contributed by atoms with Crippen LogP contribution in [-0.2, 0) is 0 Å². The number of pyridine rings is 1. The maximum absolute atomic E-state index is 14.4. The van der Waals surface area contributed by atoms with E-state index in [0.29, 0.717) is 11.4 Å². The first-order valence-electron chi connectivity index (χ1n) is 7.10. The van der Waals surface area contributed by atoms with Gasteiger partial charge >= 0.3 is 0 Å². The van der Waals surface area contributed by atoms with E-state index in [1.807, 2.05) is 19.9 Å². The highest BCUT2D eigenvalue weighted by atomic mass is 19.1. The van der Waals surface area contributed by atoms with Crippen molar-refractivity contribution in [1.82, 2.24) is 14.8 Å². The number of aryl methyl sites for hydroxylation is 2. The Morgan fingerprint density at radius 1 is 1.17 bits per heavy atom. The molecule has 6 heteroatoms. The van der Waals surface area contributed by atoms with Gasteiger partial charge in [0.25, 0.3) is 5.91 Å². The molecule has 3 aromatic rings. The molecule has 23 heavy (non-hydrogen) atoms. The average molecular weight is 310 g/mol. The lowest BCUT2D eigenvalue weighted by atomic mass is 10.2. The van der Waals surface area contributed by atoms with Crippen molar-refractivity contribution in [2.75, 3.05) is 5.32 Å². The summed E-state index contributed by atoms with van der Waals surface area (Å²) in [5, 5.41) is 6.89. The molecular formula is C17H15FN4O. The third kappa shape index (κ3) is 3.11. The Morgan fingerprint density at radius 3 is 2.61 bits per heavy atom. The van der Waals surface area contributed by atoms with Crippen molar-refractivity contribution in [3.8, 4) is 5.69 Å². The van der Waals surface area contributed by atoms with Gasteiger partial charge in [0, 0.05) is 17.6 Å². The van der Waals surface area contributed by atoms with E-state index in [9.17, 15) is 9.18 Å². The van der Waals surface area contributed by atoms with Crippen LogP contribution in [0.5, 0.6) is 0 Å². The quantitative estimate of drug-likeness (QED) is 0.807. The highest BCUT2D eigenvalue weighted by Gasteiger charge is 2.12. The third-order valence-electron chi connectivity index (χ3n) is 3.34. The van der Waals surface area contributed by atoms with Gasteiger partial charge < -0.3 is 5.32 Å². The van der Waals surface area contributed by atoms with Crippen molar-refractivity contribution in [2.24, 2.45) is 0 Å². The fourth-order valence-corrected chi connectivity index (χ4v) is 2.32. The topological polar surface area (TPSA) is 59.8 Å². The predicted molar refractivity (Wildman–Crippen MR) is 85.2 cm³/mol. The van der Waals surface area contributed by atoms with Gasteiger partial charge in [0.1, 0.15) is 11.4 Å². The van der Waals surface area contributed by atoms with E-state index in [1.54, 1.807) is 30.3 Å². The second-order valence-corrected chi connectivity index (χ2v) is 5.17. The highest BCUT2D eigenvalue weighted by molar-refractivity contribution is 6.02. The summed E-state index contributed by atoms with van der Waals surface area (Å²) in [6, 6.07) is 11.4. The van der Waals surface area contributed by atoms with E-state index < -0.39 is 5.82 Å². The lowest BCUT2D eigenvalue weighted by molar-refractivity contribution is 0.102. The number of anilines is 1. The molecule has 0 aliphatic rings. The van der Waals surface area contributed by atoms with Gasteiger partial charge in [-0.05, 0) is 50.2 Å². The first-order chi connectivity index (χ1) is 11.0. The van der Waals surface area contributed by atoms with E-state index in [4.69, 9.17) is 0 Å². The molecule has 0 bridgehead atoms. The molecule has 1 N–H and O–H groups in total. The van der Waals surface area contributed by atoms with E-state index in [-0.39, 0.29) is 11.6 Å². The minimum absolute atomic E-state index is 0.274. The van der Waals surface area contributed by atoms with Gasteiger partial charge in [-0.1, -0.05) is 6.07 Å². The minimum Gasteiger partial charge on any atom is -0.321 e. The first-order valence-corrected chi connectivity index (χ1v) is 7.10. The second kappa shape index (κ2) is 6.00. The minimum atomic E-state index is -0.463. The summed E-state index contributed by atoms with van der Waals surface area (Å²) in [6.45, 7) is 3.71. The predicted octanol–water partition coefficient (Wildman–Crippen LogP) is 3.28. The van der Waals surface area contributed by atoms with E-state index in [1.165, 1.54) is 16.9 Å². The van der Waals surface area contributed by atoms with Crippen LogP contribution in [0.15, 0.2) is 48.7 Å². The van der Waals surface area contributed by atoms with Crippen LogP contribution in [-0.4, -0.2) is 20.7 Å². The molecule has 2 aromatic heterocycles. The van der Waals surface area contributed by atoms with E-state index in [0.717, 1.165) is 11.4 Å². The Hall–Kier alpha value is -3.02. The van der Waals surface area contributed by atoms with Gasteiger partial charge in [0.2, 0.25) is 0 Å². The maximum Gasteiger partial charge on any atom is 0.274 e. The molecule has 0 aliphatic carbocycles. The molecule has 0 fully saturated rings. The summed E-state index contributed by atoms with van der Waals surface area (Å²) in [4.78, 5) is 16.0. The number of nitrogens with zero attached hydrogens (tertiary/aromatic N) is 3. The number of halogens is 1. The largest absolute Gasteiger partial charge is 0.321 e. The first kappa shape index (κ1) is 14.9. The molecular weight excluding hydrogens is 295 g/mol. The molecule has 1 aromatic carbocycles. The number of rotatable bonds is 3. The summed E-state index contributed by atoms with van der Waals surface area (Å²) >= 11 is 0. The molecule has 5 nitrogen and oxygen atoms in total. The molecule has 0 saturated heterocycles. The summed E-state index contributed by atoms with van der Waals surface area (Å²) in [7, 11) is 0. The van der Waals surface area contributed by atoms with Gasteiger partial charge in [-0.3, -0.25) is 9.78 Å². The lowest BCUT2D eigenvalue weighted by Gasteiger charge is -2.09. The van der Waals surface area contributed by atoms with Gasteiger partial charge in [-0.25, -0.2) is 9.07 Å². The SMILES string of the molecule is Cc1cc(C)n(-c2ccc(NC(=O)c3ccccn3)cc2F)n1. The number of hydrogen-bond donors (Lipinski definition) is 1. The standard InChI is InChI=1S/C17H15FN4O/c1-11-9-12(2)22(21-11)16-7-6-13(10-14(16)18)20-17(23)15-5-3-4-8-19-15/h3-10H,1-2H3,(H,20,23). The number of hydrogen-bond acceptors (Lipinski definition) is 3. The monoisotopic (exact) mass is 310 g/mol. The maximum atomic E-state index is 14.4. The summed E-state index contributed by atoms with van der Waals surface area (Å²) in [5.74, 6) is -0.848. The molecule has 0 aliphatic heterocycles. The number of amides is 1. The number of benzene rings is 1. The normalized spacial score (nSPS) is 10.6. The molecule has 0 unspecified atom stereocenters. The molecule has 0 spiro atoms. The van der Waals surface area contributed by atoms with Crippen molar-refractivity contribution >= 4 is 11.6 Å². The molecule has 0 atom stereocenters. The van der Waals surface area contributed by atoms with Crippen LogP contribution in [0.4, 0.5) is 10.1 Å². The van der Waals surface area contributed by atoms with E-state index in [2.05, 4.69) is 15.4 Å². The molecule has 0 radical (unpaired) electrons. The summed E-state index contributed by atoms with van der Waals surface area (Å²) in [6.07, 6.45) is 1.53. The number of aromatic nitrogens is 3. The van der Waals surface area contributed by atoms with Crippen molar-refractivity contribution in [3.63, 3.8) is 0 Å². The number of carbonyl (C=O) groups excluding carboxylic acids is 1. The second-order valence-electron chi connectivity index (χ2n) is 5.17. The van der Waals surface area contributed by atoms with Crippen molar-refractivity contribution in [1.29, 1.82) is 0 Å². The lowest BCUT2D eigenvalue weighted by Crippen LogP contribution is -2.13. The van der Waals surface area contributed by atoms with Crippen LogP contribution in [0.1, 0.15) is 21.9 Å². The Bertz CT molecular complexity index is 858. The zero-order valence-electron chi connectivity index (χ0n) is 12.7. The van der Waals surface area contributed by atoms with Crippen LogP contribution in [0, 0.1) is 19.7 Å². The van der Waals surface area contributed by atoms with Gasteiger partial charge in [0.15, 0.2) is 5.82 Å². The third-order valence-corrected chi connectivity index (χ3v) is 3.34. The van der Waals surface area contributed by atoms with Gasteiger partial charge in [-0.15, -0.1) is 0 Å². The van der Waals surface area contributed by atoms with Gasteiger partial charge in [0.05, 0.1) is 5.69 Å². The van der Waals surface area contributed by atoms with Crippen molar-refractivity contribution < 1.29 is 9.18 Å². The van der Waals surface area contributed by atoms with Crippen LogP contribution < -0.4 is 5.32 Å². The Balaban J connectivity index is 1.85. The van der Waals surface area contributed by atoms with Crippen LogP contribution in [0.3, 0.4) is 0 Å². The zero-order valence-corrected chi connectivity index (χ0v) is 12.7. The van der Waals surface area contributed by atoms with Crippen LogP contribution in [0.25, 0.3) is 5.69 Å². The fraction of sp³-hybridized carbons (Fsp3) is 0.118. The fourth-order valence-electron chi connectivity index (χ4n) is 2.32. The van der Waals surface area contributed by atoms with Gasteiger partial charge in [-0.2, -0.15) is 5.10 Å². The smallest absolute Gasteiger partial charge is 0.274 e. The van der Waals surface area contributed by atoms with Crippen molar-refractivity contribution in [3.05, 3.63) is 71.6 Å². The Labute approximate surface area is 132 Å².